The highest BCUT2D eigenvalue weighted by Crippen LogP contribution is 2.55. The van der Waals surface area contributed by atoms with Crippen molar-refractivity contribution < 1.29 is 14.6 Å². The van der Waals surface area contributed by atoms with Crippen molar-refractivity contribution in [3.8, 4) is 11.4 Å². The molecule has 0 spiro atoms. The van der Waals surface area contributed by atoms with E-state index < -0.39 is 6.10 Å². The molecule has 3 unspecified atom stereocenters. The van der Waals surface area contributed by atoms with Crippen LogP contribution < -0.4 is 0 Å². The van der Waals surface area contributed by atoms with Crippen molar-refractivity contribution >= 4 is 6.08 Å². The van der Waals surface area contributed by atoms with E-state index >= 15 is 0 Å². The van der Waals surface area contributed by atoms with Gasteiger partial charge in [-0.2, -0.15) is 5.10 Å². The summed E-state index contributed by atoms with van der Waals surface area (Å²) in [6, 6.07) is 9.88. The molecular weight excluding hydrogens is 403 g/mol. The number of nitrogens with zero attached hydrogens (tertiary/aromatic N) is 2. The zero-order valence-electron chi connectivity index (χ0n) is 18.8. The number of aliphatic hydroxyl groups is 1. The standard InChI is InChI=1S/C27H29FN2O2/c1-16-11-22(31)12-17(2)25(16)26(32)23-6-4-5-19-13-24-18(14-27(19,23)3)15-29-30(24)21-9-7-20(28)8-10-21/h7-13,15,23,26,31-32H,4-6,14H2,1-3H3. The lowest BCUT2D eigenvalue weighted by Crippen LogP contribution is -2.40. The van der Waals surface area contributed by atoms with Crippen molar-refractivity contribution in [1.29, 1.82) is 0 Å². The van der Waals surface area contributed by atoms with Crippen molar-refractivity contribution in [3.05, 3.63) is 81.9 Å². The molecule has 4 nitrogen and oxygen atoms in total. The van der Waals surface area contributed by atoms with E-state index in [0.29, 0.717) is 0 Å². The van der Waals surface area contributed by atoms with Gasteiger partial charge in [0.25, 0.3) is 0 Å². The van der Waals surface area contributed by atoms with Crippen LogP contribution in [0.2, 0.25) is 0 Å². The summed E-state index contributed by atoms with van der Waals surface area (Å²) in [5, 5.41) is 26.2. The highest BCUT2D eigenvalue weighted by molar-refractivity contribution is 5.61. The smallest absolute Gasteiger partial charge is 0.123 e. The third-order valence-corrected chi connectivity index (χ3v) is 7.59. The lowest BCUT2D eigenvalue weighted by molar-refractivity contribution is 0.0209. The Morgan fingerprint density at radius 2 is 1.84 bits per heavy atom. The lowest BCUT2D eigenvalue weighted by Gasteiger charge is -2.48. The molecule has 3 aromatic rings. The molecule has 1 saturated carbocycles. The molecule has 2 aromatic carbocycles. The van der Waals surface area contributed by atoms with E-state index in [9.17, 15) is 14.6 Å². The minimum atomic E-state index is -0.599. The fourth-order valence-corrected chi connectivity index (χ4v) is 5.99. The zero-order chi connectivity index (χ0) is 22.6. The first-order chi connectivity index (χ1) is 15.3. The first-order valence-corrected chi connectivity index (χ1v) is 11.3. The van der Waals surface area contributed by atoms with Gasteiger partial charge in [-0.3, -0.25) is 0 Å². The molecule has 2 aliphatic rings. The first kappa shape index (κ1) is 21.0. The number of phenolic OH excluding ortho intramolecular Hbond substituents is 1. The fourth-order valence-electron chi connectivity index (χ4n) is 5.99. The summed E-state index contributed by atoms with van der Waals surface area (Å²) in [5.74, 6) is 0.0540. The van der Waals surface area contributed by atoms with Gasteiger partial charge in [-0.25, -0.2) is 9.07 Å². The molecule has 32 heavy (non-hydrogen) atoms. The summed E-state index contributed by atoms with van der Waals surface area (Å²) in [6.45, 7) is 6.19. The van der Waals surface area contributed by atoms with Crippen molar-refractivity contribution in [2.45, 2.75) is 52.6 Å². The lowest BCUT2D eigenvalue weighted by atomic mass is 9.57. The average molecular weight is 433 g/mol. The Bertz CT molecular complexity index is 1190. The molecule has 2 aliphatic carbocycles. The summed E-state index contributed by atoms with van der Waals surface area (Å²) in [7, 11) is 0. The number of benzene rings is 2. The molecule has 0 bridgehead atoms. The maximum absolute atomic E-state index is 13.4. The third-order valence-electron chi connectivity index (χ3n) is 7.59. The van der Waals surface area contributed by atoms with E-state index in [0.717, 1.165) is 59.3 Å². The number of aliphatic hydroxyl groups excluding tert-OH is 1. The number of aromatic nitrogens is 2. The second kappa shape index (κ2) is 7.59. The van der Waals surface area contributed by atoms with Gasteiger partial charge in [0.2, 0.25) is 0 Å². The Hall–Kier alpha value is -2.92. The topological polar surface area (TPSA) is 58.3 Å². The molecule has 0 saturated heterocycles. The Kier molecular flexibility index (Phi) is 4.97. The second-order valence-corrected chi connectivity index (χ2v) is 9.64. The minimum absolute atomic E-state index is 0.0757. The number of halogens is 1. The summed E-state index contributed by atoms with van der Waals surface area (Å²) < 4.78 is 15.3. The van der Waals surface area contributed by atoms with Gasteiger partial charge in [-0.05, 0) is 116 Å². The second-order valence-electron chi connectivity index (χ2n) is 9.64. The van der Waals surface area contributed by atoms with Crippen molar-refractivity contribution in [2.24, 2.45) is 11.3 Å². The van der Waals surface area contributed by atoms with Gasteiger partial charge in [-0.1, -0.05) is 12.5 Å². The van der Waals surface area contributed by atoms with Crippen molar-refractivity contribution in [1.82, 2.24) is 9.78 Å². The Labute approximate surface area is 188 Å². The molecular formula is C27H29FN2O2. The molecule has 0 aliphatic heterocycles. The van der Waals surface area contributed by atoms with Gasteiger partial charge >= 0.3 is 0 Å². The third kappa shape index (κ3) is 3.27. The number of hydrogen-bond donors (Lipinski definition) is 2. The molecule has 166 valence electrons. The number of hydrogen-bond acceptors (Lipinski definition) is 3. The largest absolute Gasteiger partial charge is 0.508 e. The van der Waals surface area contributed by atoms with E-state index in [1.165, 1.54) is 17.7 Å². The average Bonchev–Trinajstić information content (AvgIpc) is 3.13. The van der Waals surface area contributed by atoms with E-state index in [4.69, 9.17) is 0 Å². The molecule has 1 heterocycles. The molecule has 0 radical (unpaired) electrons. The molecule has 1 aromatic heterocycles. The normalized spacial score (nSPS) is 23.3. The van der Waals surface area contributed by atoms with Crippen LogP contribution in [0.15, 0.2) is 48.2 Å². The van der Waals surface area contributed by atoms with Crippen LogP contribution in [0.4, 0.5) is 4.39 Å². The van der Waals surface area contributed by atoms with Crippen LogP contribution in [0, 0.1) is 31.0 Å². The van der Waals surface area contributed by atoms with E-state index in [1.807, 2.05) is 24.7 Å². The molecule has 3 atom stereocenters. The number of rotatable bonds is 3. The van der Waals surface area contributed by atoms with Gasteiger partial charge in [-0.15, -0.1) is 0 Å². The highest BCUT2D eigenvalue weighted by atomic mass is 19.1. The summed E-state index contributed by atoms with van der Waals surface area (Å²) in [6.07, 6.45) is 7.35. The fraction of sp³-hybridized carbons (Fsp3) is 0.370. The van der Waals surface area contributed by atoms with Crippen molar-refractivity contribution in [2.75, 3.05) is 0 Å². The predicted molar refractivity (Wildman–Crippen MR) is 123 cm³/mol. The molecule has 5 rings (SSSR count). The van der Waals surface area contributed by atoms with Crippen LogP contribution in [0.3, 0.4) is 0 Å². The van der Waals surface area contributed by atoms with Crippen LogP contribution in [0.5, 0.6) is 5.75 Å². The van der Waals surface area contributed by atoms with Gasteiger partial charge < -0.3 is 10.2 Å². The number of aromatic hydroxyl groups is 1. The van der Waals surface area contributed by atoms with Crippen molar-refractivity contribution in [3.63, 3.8) is 0 Å². The Morgan fingerprint density at radius 1 is 1.16 bits per heavy atom. The molecule has 0 amide bonds. The van der Waals surface area contributed by atoms with Gasteiger partial charge in [0.05, 0.1) is 23.7 Å². The SMILES string of the molecule is Cc1cc(O)cc(C)c1C(O)C1CCCC2=Cc3c(cnn3-c3ccc(F)cc3)CC21C. The summed E-state index contributed by atoms with van der Waals surface area (Å²) >= 11 is 0. The predicted octanol–water partition coefficient (Wildman–Crippen LogP) is 5.81. The minimum Gasteiger partial charge on any atom is -0.508 e. The monoisotopic (exact) mass is 432 g/mol. The number of phenols is 1. The van der Waals surface area contributed by atoms with Crippen LogP contribution in [0.25, 0.3) is 11.8 Å². The van der Waals surface area contributed by atoms with Gasteiger partial charge in [0.15, 0.2) is 0 Å². The summed E-state index contributed by atoms with van der Waals surface area (Å²) in [4.78, 5) is 0. The molecule has 1 fully saturated rings. The number of aryl methyl sites for hydroxylation is 2. The van der Waals surface area contributed by atoms with E-state index in [-0.39, 0.29) is 22.9 Å². The number of allylic oxidation sites excluding steroid dienone is 1. The maximum Gasteiger partial charge on any atom is 0.123 e. The molecule has 2 N–H and O–H groups in total. The zero-order valence-corrected chi connectivity index (χ0v) is 18.8. The van der Waals surface area contributed by atoms with Gasteiger partial charge in [0.1, 0.15) is 11.6 Å². The Morgan fingerprint density at radius 3 is 2.53 bits per heavy atom. The van der Waals surface area contributed by atoms with Gasteiger partial charge in [0, 0.05) is 0 Å². The maximum atomic E-state index is 13.4. The number of fused-ring (bicyclic) bond motifs is 2. The molecule has 5 heteroatoms. The highest BCUT2D eigenvalue weighted by Gasteiger charge is 2.47. The summed E-state index contributed by atoms with van der Waals surface area (Å²) in [5.41, 5.74) is 7.01. The van der Waals surface area contributed by atoms with Crippen LogP contribution in [-0.2, 0) is 6.42 Å². The van der Waals surface area contributed by atoms with Crippen LogP contribution in [-0.4, -0.2) is 20.0 Å². The van der Waals surface area contributed by atoms with Crippen LogP contribution in [0.1, 0.15) is 60.2 Å². The first-order valence-electron chi connectivity index (χ1n) is 11.3. The quantitative estimate of drug-likeness (QED) is 0.549. The Balaban J connectivity index is 1.54. The van der Waals surface area contributed by atoms with E-state index in [2.05, 4.69) is 18.1 Å². The van der Waals surface area contributed by atoms with E-state index in [1.54, 1.807) is 24.3 Å². The van der Waals surface area contributed by atoms with Crippen LogP contribution >= 0.6 is 0 Å².